The number of nitrogens with two attached hydrogens (primary N) is 1. The Bertz CT molecular complexity index is 655. The Morgan fingerprint density at radius 2 is 2.10 bits per heavy atom. The first-order valence-corrected chi connectivity index (χ1v) is 6.89. The first kappa shape index (κ1) is 12.9. The van der Waals surface area contributed by atoms with Gasteiger partial charge in [-0.05, 0) is 18.9 Å². The van der Waals surface area contributed by atoms with Crippen LogP contribution in [-0.2, 0) is 11.8 Å². The molecule has 0 atom stereocenters. The standard InChI is InChI=1S/C14H19N5O/c1-9(20)19-5-3-10(4-6-19)13-17-12-7-11(15)8-16-14(12)18(13)2/h7-8,10H,3-6,15H2,1-2H3. The molecule has 0 bridgehead atoms. The van der Waals surface area contributed by atoms with Crippen molar-refractivity contribution in [3.8, 4) is 0 Å². The van der Waals surface area contributed by atoms with Crippen LogP contribution >= 0.6 is 0 Å². The molecule has 0 unspecified atom stereocenters. The van der Waals surface area contributed by atoms with Gasteiger partial charge in [0.05, 0.1) is 11.9 Å². The predicted octanol–water partition coefficient (Wildman–Crippen LogP) is 1.28. The minimum Gasteiger partial charge on any atom is -0.397 e. The van der Waals surface area contributed by atoms with Gasteiger partial charge in [-0.2, -0.15) is 0 Å². The van der Waals surface area contributed by atoms with Crippen molar-refractivity contribution in [3.63, 3.8) is 0 Å². The van der Waals surface area contributed by atoms with E-state index in [9.17, 15) is 4.79 Å². The second kappa shape index (κ2) is 4.77. The van der Waals surface area contributed by atoms with Crippen LogP contribution in [0, 0.1) is 0 Å². The fourth-order valence-corrected chi connectivity index (χ4v) is 2.93. The van der Waals surface area contributed by atoms with Gasteiger partial charge in [0.15, 0.2) is 5.65 Å². The number of hydrogen-bond acceptors (Lipinski definition) is 4. The maximum Gasteiger partial charge on any atom is 0.219 e. The largest absolute Gasteiger partial charge is 0.397 e. The van der Waals surface area contributed by atoms with Crippen molar-refractivity contribution in [2.45, 2.75) is 25.7 Å². The molecule has 0 saturated carbocycles. The molecule has 20 heavy (non-hydrogen) atoms. The van der Waals surface area contributed by atoms with Crippen LogP contribution in [0.4, 0.5) is 5.69 Å². The van der Waals surface area contributed by atoms with Crippen LogP contribution in [0.2, 0.25) is 0 Å². The molecule has 0 spiro atoms. The Morgan fingerprint density at radius 3 is 2.75 bits per heavy atom. The molecule has 106 valence electrons. The van der Waals surface area contributed by atoms with Gasteiger partial charge in [-0.25, -0.2) is 9.97 Å². The number of carbonyl (C=O) groups is 1. The number of nitrogens with zero attached hydrogens (tertiary/aromatic N) is 4. The molecule has 3 rings (SSSR count). The normalized spacial score (nSPS) is 16.8. The number of anilines is 1. The second-order valence-electron chi connectivity index (χ2n) is 5.42. The third-order valence-electron chi connectivity index (χ3n) is 4.07. The minimum absolute atomic E-state index is 0.155. The molecule has 1 fully saturated rings. The van der Waals surface area contributed by atoms with Gasteiger partial charge < -0.3 is 15.2 Å². The summed E-state index contributed by atoms with van der Waals surface area (Å²) in [7, 11) is 1.99. The van der Waals surface area contributed by atoms with E-state index in [2.05, 4.69) is 9.97 Å². The summed E-state index contributed by atoms with van der Waals surface area (Å²) in [4.78, 5) is 22.3. The average Bonchev–Trinajstić information content (AvgIpc) is 2.75. The number of aromatic nitrogens is 3. The molecule has 2 N–H and O–H groups in total. The van der Waals surface area contributed by atoms with Crippen LogP contribution < -0.4 is 5.73 Å². The van der Waals surface area contributed by atoms with E-state index in [1.807, 2.05) is 22.6 Å². The van der Waals surface area contributed by atoms with E-state index in [4.69, 9.17) is 5.73 Å². The Morgan fingerprint density at radius 1 is 1.40 bits per heavy atom. The van der Waals surface area contributed by atoms with Crippen LogP contribution in [0.15, 0.2) is 12.3 Å². The predicted molar refractivity (Wildman–Crippen MR) is 77.2 cm³/mol. The Labute approximate surface area is 117 Å². The molecule has 2 aromatic rings. The number of rotatable bonds is 1. The molecule has 0 aromatic carbocycles. The number of likely N-dealkylation sites (tertiary alicyclic amines) is 1. The zero-order valence-electron chi connectivity index (χ0n) is 11.8. The molecule has 2 aromatic heterocycles. The molecule has 6 heteroatoms. The van der Waals surface area contributed by atoms with Gasteiger partial charge in [0, 0.05) is 33.0 Å². The molecule has 0 radical (unpaired) electrons. The number of imidazole rings is 1. The number of amides is 1. The molecule has 1 amide bonds. The number of nitrogen functional groups attached to an aromatic ring is 1. The lowest BCUT2D eigenvalue weighted by molar-refractivity contribution is -0.129. The van der Waals surface area contributed by atoms with E-state index in [-0.39, 0.29) is 5.91 Å². The van der Waals surface area contributed by atoms with Gasteiger partial charge in [-0.15, -0.1) is 0 Å². The topological polar surface area (TPSA) is 77.0 Å². The van der Waals surface area contributed by atoms with E-state index < -0.39 is 0 Å². The summed E-state index contributed by atoms with van der Waals surface area (Å²) in [6, 6.07) is 1.86. The SMILES string of the molecule is CC(=O)N1CCC(c2nc3cc(N)cnc3n2C)CC1. The molecular weight excluding hydrogens is 254 g/mol. The molecule has 1 aliphatic heterocycles. The third-order valence-corrected chi connectivity index (χ3v) is 4.07. The summed E-state index contributed by atoms with van der Waals surface area (Å²) in [5.41, 5.74) is 8.10. The molecular formula is C14H19N5O. The van der Waals surface area contributed by atoms with Crippen molar-refractivity contribution in [1.82, 2.24) is 19.4 Å². The highest BCUT2D eigenvalue weighted by molar-refractivity contribution is 5.75. The van der Waals surface area contributed by atoms with Crippen molar-refractivity contribution in [1.29, 1.82) is 0 Å². The molecule has 1 saturated heterocycles. The van der Waals surface area contributed by atoms with Crippen molar-refractivity contribution in [3.05, 3.63) is 18.1 Å². The number of piperidine rings is 1. The van der Waals surface area contributed by atoms with Gasteiger partial charge in [-0.1, -0.05) is 0 Å². The van der Waals surface area contributed by atoms with Gasteiger partial charge in [0.1, 0.15) is 11.3 Å². The number of aryl methyl sites for hydroxylation is 1. The van der Waals surface area contributed by atoms with E-state index in [1.165, 1.54) is 0 Å². The highest BCUT2D eigenvalue weighted by atomic mass is 16.2. The maximum atomic E-state index is 11.4. The summed E-state index contributed by atoms with van der Waals surface area (Å²) in [5, 5.41) is 0. The van der Waals surface area contributed by atoms with Crippen molar-refractivity contribution in [2.24, 2.45) is 7.05 Å². The summed E-state index contributed by atoms with van der Waals surface area (Å²) < 4.78 is 2.04. The van der Waals surface area contributed by atoms with E-state index >= 15 is 0 Å². The van der Waals surface area contributed by atoms with Crippen molar-refractivity contribution < 1.29 is 4.79 Å². The van der Waals surface area contributed by atoms with E-state index in [0.29, 0.717) is 11.6 Å². The zero-order chi connectivity index (χ0) is 14.3. The lowest BCUT2D eigenvalue weighted by Crippen LogP contribution is -2.36. The summed E-state index contributed by atoms with van der Waals surface area (Å²) in [6.45, 7) is 3.24. The van der Waals surface area contributed by atoms with Gasteiger partial charge in [0.2, 0.25) is 5.91 Å². The molecule has 6 nitrogen and oxygen atoms in total. The first-order valence-electron chi connectivity index (χ1n) is 6.89. The van der Waals surface area contributed by atoms with Gasteiger partial charge in [-0.3, -0.25) is 4.79 Å². The van der Waals surface area contributed by atoms with Gasteiger partial charge >= 0.3 is 0 Å². The smallest absolute Gasteiger partial charge is 0.219 e. The minimum atomic E-state index is 0.155. The monoisotopic (exact) mass is 273 g/mol. The second-order valence-corrected chi connectivity index (χ2v) is 5.42. The third kappa shape index (κ3) is 2.11. The summed E-state index contributed by atoms with van der Waals surface area (Å²) in [5.74, 6) is 1.58. The fraction of sp³-hybridized carbons (Fsp3) is 0.500. The lowest BCUT2D eigenvalue weighted by Gasteiger charge is -2.30. The Kier molecular flexibility index (Phi) is 3.08. The Hall–Kier alpha value is -2.11. The van der Waals surface area contributed by atoms with Crippen LogP contribution in [0.1, 0.15) is 31.5 Å². The number of fused-ring (bicyclic) bond motifs is 1. The van der Waals surface area contributed by atoms with Crippen LogP contribution in [0.3, 0.4) is 0 Å². The summed E-state index contributed by atoms with van der Waals surface area (Å²) in [6.07, 6.45) is 3.56. The van der Waals surface area contributed by atoms with E-state index in [1.54, 1.807) is 13.1 Å². The number of hydrogen-bond donors (Lipinski definition) is 1. The maximum absolute atomic E-state index is 11.4. The van der Waals surface area contributed by atoms with Crippen LogP contribution in [0.5, 0.6) is 0 Å². The van der Waals surface area contributed by atoms with Gasteiger partial charge in [0.25, 0.3) is 0 Å². The first-order chi connectivity index (χ1) is 9.56. The molecule has 1 aliphatic rings. The Balaban J connectivity index is 1.88. The lowest BCUT2D eigenvalue weighted by atomic mass is 9.96. The molecule has 0 aliphatic carbocycles. The molecule has 3 heterocycles. The number of carbonyl (C=O) groups excluding carboxylic acids is 1. The number of pyridine rings is 1. The summed E-state index contributed by atoms with van der Waals surface area (Å²) >= 11 is 0. The quantitative estimate of drug-likeness (QED) is 0.849. The van der Waals surface area contributed by atoms with E-state index in [0.717, 1.165) is 42.9 Å². The average molecular weight is 273 g/mol. The van der Waals surface area contributed by atoms with Crippen molar-refractivity contribution in [2.75, 3.05) is 18.8 Å². The highest BCUT2D eigenvalue weighted by Crippen LogP contribution is 2.29. The fourth-order valence-electron chi connectivity index (χ4n) is 2.93. The zero-order valence-corrected chi connectivity index (χ0v) is 11.8. The van der Waals surface area contributed by atoms with Crippen LogP contribution in [0.25, 0.3) is 11.2 Å². The van der Waals surface area contributed by atoms with Crippen LogP contribution in [-0.4, -0.2) is 38.4 Å². The van der Waals surface area contributed by atoms with Crippen molar-refractivity contribution >= 4 is 22.8 Å². The highest BCUT2D eigenvalue weighted by Gasteiger charge is 2.25.